The molecule has 156 valence electrons. The molecule has 0 aromatic heterocycles. The van der Waals surface area contributed by atoms with Crippen LogP contribution in [0.4, 0.5) is 5.69 Å². The third kappa shape index (κ3) is 6.91. The van der Waals surface area contributed by atoms with E-state index < -0.39 is 18.5 Å². The van der Waals surface area contributed by atoms with Crippen molar-refractivity contribution >= 4 is 29.3 Å². The summed E-state index contributed by atoms with van der Waals surface area (Å²) in [6.45, 7) is -0.0455. The smallest absolute Gasteiger partial charge is 0.338 e. The molecule has 0 bridgehead atoms. The van der Waals surface area contributed by atoms with Crippen LogP contribution in [0.1, 0.15) is 15.9 Å². The maximum atomic E-state index is 12.3. The van der Waals surface area contributed by atoms with Gasteiger partial charge in [-0.1, -0.05) is 48.5 Å². The number of nitrogens with zero attached hydrogens (tertiary/aromatic N) is 1. The number of para-hydroxylation sites is 1. The molecule has 0 fully saturated rings. The lowest BCUT2D eigenvalue weighted by atomic mass is 10.2. The molecule has 1 N–H and O–H groups in total. The topological polar surface area (TPSA) is 88.4 Å². The molecule has 0 unspecified atom stereocenters. The van der Waals surface area contributed by atoms with Crippen LogP contribution in [0.2, 0.25) is 0 Å². The van der Waals surface area contributed by atoms with Crippen molar-refractivity contribution in [2.75, 3.05) is 17.7 Å². The zero-order valence-electron chi connectivity index (χ0n) is 16.6. The van der Waals surface area contributed by atoms with Crippen molar-refractivity contribution in [1.82, 2.24) is 0 Å². The molecule has 0 aliphatic carbocycles. The molecule has 3 aromatic carbocycles. The van der Waals surface area contributed by atoms with Gasteiger partial charge in [0.15, 0.2) is 6.61 Å². The molecule has 3 aromatic rings. The minimum Gasteiger partial charge on any atom is -0.489 e. The van der Waals surface area contributed by atoms with Crippen molar-refractivity contribution < 1.29 is 19.1 Å². The van der Waals surface area contributed by atoms with Gasteiger partial charge in [0, 0.05) is 4.90 Å². The van der Waals surface area contributed by atoms with Crippen LogP contribution in [0.3, 0.4) is 0 Å². The molecule has 0 spiro atoms. The first-order valence-electron chi connectivity index (χ1n) is 9.48. The number of ether oxygens (including phenoxy) is 2. The van der Waals surface area contributed by atoms with Gasteiger partial charge >= 0.3 is 5.97 Å². The SMILES string of the molecule is N#CCSc1ccccc1NC(=O)COC(=O)c1cccc(OCc2ccccc2)c1. The number of hydrogen-bond acceptors (Lipinski definition) is 6. The molecule has 0 aliphatic rings. The lowest BCUT2D eigenvalue weighted by Gasteiger charge is -2.11. The lowest BCUT2D eigenvalue weighted by molar-refractivity contribution is -0.119. The molecule has 1 amide bonds. The molecule has 0 aliphatic heterocycles. The maximum absolute atomic E-state index is 12.3. The summed E-state index contributed by atoms with van der Waals surface area (Å²) in [5, 5.41) is 11.4. The first-order valence-corrected chi connectivity index (χ1v) is 10.5. The Morgan fingerprint density at radius 1 is 0.968 bits per heavy atom. The van der Waals surface area contributed by atoms with Gasteiger partial charge < -0.3 is 14.8 Å². The fourth-order valence-corrected chi connectivity index (χ4v) is 3.33. The van der Waals surface area contributed by atoms with Crippen molar-refractivity contribution in [2.45, 2.75) is 11.5 Å². The number of rotatable bonds is 9. The van der Waals surface area contributed by atoms with Gasteiger partial charge in [-0.15, -0.1) is 11.8 Å². The van der Waals surface area contributed by atoms with Crippen molar-refractivity contribution in [2.24, 2.45) is 0 Å². The Labute approximate surface area is 184 Å². The summed E-state index contributed by atoms with van der Waals surface area (Å²) in [6.07, 6.45) is 0. The van der Waals surface area contributed by atoms with Crippen LogP contribution in [0.15, 0.2) is 83.8 Å². The molecule has 0 heterocycles. The fraction of sp³-hybridized carbons (Fsp3) is 0.125. The molecule has 3 rings (SSSR count). The summed E-state index contributed by atoms with van der Waals surface area (Å²) in [4.78, 5) is 25.3. The van der Waals surface area contributed by atoms with Gasteiger partial charge in [-0.05, 0) is 35.9 Å². The van der Waals surface area contributed by atoms with Crippen LogP contribution >= 0.6 is 11.8 Å². The number of carbonyl (C=O) groups excluding carboxylic acids is 2. The van der Waals surface area contributed by atoms with E-state index in [1.54, 1.807) is 36.4 Å². The maximum Gasteiger partial charge on any atom is 0.338 e. The Kier molecular flexibility index (Phi) is 8.09. The van der Waals surface area contributed by atoms with Gasteiger partial charge in [0.05, 0.1) is 23.1 Å². The second-order valence-corrected chi connectivity index (χ2v) is 7.39. The molecule has 0 radical (unpaired) electrons. The zero-order chi connectivity index (χ0) is 21.9. The molecule has 0 saturated carbocycles. The quantitative estimate of drug-likeness (QED) is 0.390. The van der Waals surface area contributed by atoms with E-state index in [0.717, 1.165) is 10.5 Å². The van der Waals surface area contributed by atoms with Crippen molar-refractivity contribution in [1.29, 1.82) is 5.26 Å². The average Bonchev–Trinajstić information content (AvgIpc) is 2.81. The second-order valence-electron chi connectivity index (χ2n) is 6.37. The highest BCUT2D eigenvalue weighted by molar-refractivity contribution is 7.99. The number of thioether (sulfide) groups is 1. The first-order chi connectivity index (χ1) is 15.2. The number of anilines is 1. The van der Waals surface area contributed by atoms with Crippen molar-refractivity contribution in [3.8, 4) is 11.8 Å². The largest absolute Gasteiger partial charge is 0.489 e. The monoisotopic (exact) mass is 432 g/mol. The number of benzene rings is 3. The second kappa shape index (κ2) is 11.4. The standard InChI is InChI=1S/C24H20N2O4S/c25-13-14-31-22-12-5-4-11-21(22)26-23(27)17-30-24(28)19-9-6-10-20(15-19)29-16-18-7-2-1-3-8-18/h1-12,15H,14,16-17H2,(H,26,27). The van der Waals surface area contributed by atoms with Crippen LogP contribution in [0.5, 0.6) is 5.75 Å². The van der Waals surface area contributed by atoms with Crippen LogP contribution in [-0.2, 0) is 16.1 Å². The first kappa shape index (κ1) is 21.9. The van der Waals surface area contributed by atoms with Gasteiger partial charge in [-0.25, -0.2) is 4.79 Å². The van der Waals surface area contributed by atoms with Crippen LogP contribution in [-0.4, -0.2) is 24.2 Å². The molecule has 0 atom stereocenters. The number of nitriles is 1. The molecule has 6 nitrogen and oxygen atoms in total. The van der Waals surface area contributed by atoms with E-state index in [9.17, 15) is 9.59 Å². The Hall–Kier alpha value is -3.76. The summed E-state index contributed by atoms with van der Waals surface area (Å²) in [5.74, 6) is -0.279. The zero-order valence-corrected chi connectivity index (χ0v) is 17.4. The number of esters is 1. The third-order valence-corrected chi connectivity index (χ3v) is 5.05. The van der Waals surface area contributed by atoms with Crippen LogP contribution < -0.4 is 10.1 Å². The summed E-state index contributed by atoms with van der Waals surface area (Å²) in [6, 6.07) is 25.5. The minimum absolute atomic E-state index is 0.268. The van der Waals surface area contributed by atoms with E-state index >= 15 is 0 Å². The summed E-state index contributed by atoms with van der Waals surface area (Å²) >= 11 is 1.32. The third-order valence-electron chi connectivity index (χ3n) is 4.11. The normalized spacial score (nSPS) is 10.0. The van der Waals surface area contributed by atoms with E-state index in [4.69, 9.17) is 14.7 Å². The van der Waals surface area contributed by atoms with E-state index in [1.807, 2.05) is 48.5 Å². The van der Waals surface area contributed by atoms with Gasteiger partial charge in [0.1, 0.15) is 12.4 Å². The van der Waals surface area contributed by atoms with Gasteiger partial charge in [-0.3, -0.25) is 4.79 Å². The van der Waals surface area contributed by atoms with E-state index in [0.29, 0.717) is 23.6 Å². The summed E-state index contributed by atoms with van der Waals surface area (Å²) in [7, 11) is 0. The molecule has 0 saturated heterocycles. The summed E-state index contributed by atoms with van der Waals surface area (Å²) in [5.41, 5.74) is 1.88. The van der Waals surface area contributed by atoms with E-state index in [-0.39, 0.29) is 5.75 Å². The average molecular weight is 433 g/mol. The minimum atomic E-state index is -0.618. The van der Waals surface area contributed by atoms with Crippen molar-refractivity contribution in [3.63, 3.8) is 0 Å². The fourth-order valence-electron chi connectivity index (χ4n) is 2.66. The Bertz CT molecular complexity index is 1080. The molecular weight excluding hydrogens is 412 g/mol. The van der Waals surface area contributed by atoms with Gasteiger partial charge in [0.25, 0.3) is 5.91 Å². The predicted octanol–water partition coefficient (Wildman–Crippen LogP) is 4.68. The van der Waals surface area contributed by atoms with E-state index in [2.05, 4.69) is 5.32 Å². The van der Waals surface area contributed by atoms with Gasteiger partial charge in [-0.2, -0.15) is 5.26 Å². The Morgan fingerprint density at radius 3 is 2.55 bits per heavy atom. The lowest BCUT2D eigenvalue weighted by Crippen LogP contribution is -2.21. The summed E-state index contributed by atoms with van der Waals surface area (Å²) < 4.78 is 10.9. The van der Waals surface area contributed by atoms with Crippen LogP contribution in [0.25, 0.3) is 0 Å². The van der Waals surface area contributed by atoms with Gasteiger partial charge in [0.2, 0.25) is 0 Å². The highest BCUT2D eigenvalue weighted by Crippen LogP contribution is 2.26. The predicted molar refractivity (Wildman–Crippen MR) is 119 cm³/mol. The van der Waals surface area contributed by atoms with Crippen molar-refractivity contribution in [3.05, 3.63) is 90.0 Å². The highest BCUT2D eigenvalue weighted by Gasteiger charge is 2.13. The Morgan fingerprint density at radius 2 is 1.74 bits per heavy atom. The van der Waals surface area contributed by atoms with Crippen LogP contribution in [0, 0.1) is 11.3 Å². The number of carbonyl (C=O) groups is 2. The number of amides is 1. The number of nitrogens with one attached hydrogen (secondary N) is 1. The number of hydrogen-bond donors (Lipinski definition) is 1. The molecule has 7 heteroatoms. The Balaban J connectivity index is 1.52. The molecule has 31 heavy (non-hydrogen) atoms. The highest BCUT2D eigenvalue weighted by atomic mass is 32.2. The molecular formula is C24H20N2O4S. The van der Waals surface area contributed by atoms with E-state index in [1.165, 1.54) is 11.8 Å².